The number of aliphatic carboxylic acids is 1. The molecule has 8 rings (SSSR count). The van der Waals surface area contributed by atoms with Gasteiger partial charge in [-0.25, -0.2) is 48.7 Å². The first kappa shape index (κ1) is 125. The minimum Gasteiger partial charge on any atom is -0.481 e. The number of carbonyl (C=O) groups excluding carboxylic acids is 10. The molecular weight excluding hydrogens is 1900 g/mol. The number of aryl methyl sites for hydroxylation is 2. The second-order valence-electron chi connectivity index (χ2n) is 37.6. The standard InChI is InChI=1S/C40H55N5O7.C27H39N3O3.C17H24ClN3O6.C15H23N3O4.C7H10N2O.H2S/c1-9-12-36(46)50-25-32-13-11-20-41-38(32)44(8)40(49)52-26-51-37(47)22-30(10-2)31-16-19-35(45(23-27(3)4)24-28(5)6)34(21-31)43-39(48)42-33-17-14-29(7)15-18-33;1-7-21(15-26(31)32)22-10-13-25(30(16-18(2)3)17-19(4)5)24(14-22)29-27(33)28-23-11-8-20(6)9-12-23;1-17(2,3)27-15(23)20(4)9-13(22)25-10-12-7-6-8-19-14(12)21(5)16(24)26-11-18;1-15(2,3)22-14(20)18(5)9-12(19)21-10-11-7-6-8-17-13(11)16-4;1-8-7-6(5-10)3-2-4-9-7;/h11,13-21,27-28,30H,9-10,12,22-26H2,1-8H3,(H2,42,43,48);8-14,18-19,21H,7,15-17H2,1-6H3,(H,31,32)(H2,28,29,33);6-8H,9-11H2,1-5H3;6-8H,9-10H2,1-5H3,(H,16,17);2-4,10H,5H2,1H3,(H,8,9);1H2/t30-;21-;;;;/m00..../s1. The van der Waals surface area contributed by atoms with E-state index in [0.29, 0.717) is 89.0 Å². The minimum absolute atomic E-state index is 0. The highest BCUT2D eigenvalue weighted by Gasteiger charge is 2.29. The molecule has 0 bridgehead atoms. The average Bonchev–Trinajstić information content (AvgIpc) is 0.811. The van der Waals surface area contributed by atoms with Gasteiger partial charge >= 0.3 is 66.3 Å². The van der Waals surface area contributed by atoms with Crippen LogP contribution in [0.25, 0.3) is 0 Å². The molecule has 4 aromatic carbocycles. The lowest BCUT2D eigenvalue weighted by Crippen LogP contribution is -2.37. The SMILES string of the molecule is CCCC(=O)OCc1cccnc1N(C)C(=O)OCOC(=O)C[C@H](CC)c1ccc(N(CC(C)C)CC(C)C)c(NC(=O)Nc2ccc(C)cc2)c1.CC[C@@H](CC(=O)O)c1ccc(N(CC(C)C)CC(C)C)c(NC(=O)Nc2ccc(C)cc2)c1.CN(CC(=O)OCc1cccnc1N(C)C(=O)OCCl)C(=O)OC(C)(C)C.CNc1ncccc1CO.CNc1ncccc1COC(=O)CN(C)C(=O)OC(C)(C)C.S. The number of aromatic nitrogens is 4. The van der Waals surface area contributed by atoms with Gasteiger partial charge in [-0.3, -0.25) is 33.8 Å². The molecule has 0 spiro atoms. The number of carbonyl (C=O) groups is 11. The van der Waals surface area contributed by atoms with Crippen LogP contribution in [0.5, 0.6) is 0 Å². The van der Waals surface area contributed by atoms with Crippen LogP contribution in [0, 0.1) is 37.5 Å². The summed E-state index contributed by atoms with van der Waals surface area (Å²) >= 11 is 5.38. The summed E-state index contributed by atoms with van der Waals surface area (Å²) in [6.07, 6.45) is 6.03. The maximum atomic E-state index is 13.2. The van der Waals surface area contributed by atoms with Crippen LogP contribution >= 0.6 is 25.1 Å². The number of anilines is 10. The quantitative estimate of drug-likeness (QED) is 0.00762. The molecule has 0 unspecified atom stereocenters. The molecular formula is C106H153ClN16O21S. The number of ether oxygens (including phenoxy) is 8. The van der Waals surface area contributed by atoms with Crippen LogP contribution in [-0.4, -0.2) is 212 Å². The monoisotopic (exact) mass is 2050 g/mol. The van der Waals surface area contributed by atoms with Crippen molar-refractivity contribution in [3.63, 3.8) is 0 Å². The molecule has 145 heavy (non-hydrogen) atoms. The molecule has 39 heteroatoms. The number of carboxylic acids is 1. The molecule has 796 valence electrons. The summed E-state index contributed by atoms with van der Waals surface area (Å²) in [4.78, 5) is 160. The Hall–Kier alpha value is -13.8. The maximum Gasteiger partial charge on any atom is 0.418 e. The molecule has 2 atom stereocenters. The highest BCUT2D eigenvalue weighted by atomic mass is 35.5. The zero-order valence-corrected chi connectivity index (χ0v) is 90.5. The summed E-state index contributed by atoms with van der Waals surface area (Å²) in [5, 5.41) is 35.8. The highest BCUT2D eigenvalue weighted by Crippen LogP contribution is 2.37. The van der Waals surface area contributed by atoms with Gasteiger partial charge < -0.3 is 99.6 Å². The van der Waals surface area contributed by atoms with E-state index in [1.54, 1.807) is 104 Å². The number of hydrogen-bond donors (Lipinski definition) is 8. The Morgan fingerprint density at radius 2 is 0.786 bits per heavy atom. The Bertz CT molecular complexity index is 5330. The van der Waals surface area contributed by atoms with Gasteiger partial charge in [-0.15, -0.1) is 0 Å². The lowest BCUT2D eigenvalue weighted by molar-refractivity contribution is -0.152. The number of halogens is 1. The van der Waals surface area contributed by atoms with E-state index in [1.165, 1.54) is 50.4 Å². The molecule has 37 nitrogen and oxygen atoms in total. The van der Waals surface area contributed by atoms with Gasteiger partial charge in [-0.05, 0) is 194 Å². The molecule has 4 heterocycles. The number of hydrogen-bond acceptors (Lipinski definition) is 28. The average molecular weight is 2060 g/mol. The van der Waals surface area contributed by atoms with Gasteiger partial charge in [-0.1, -0.05) is 160 Å². The third-order valence-electron chi connectivity index (χ3n) is 20.6. The number of nitrogens with zero attached hydrogens (tertiary/aromatic N) is 10. The Labute approximate surface area is 866 Å². The van der Waals surface area contributed by atoms with Crippen LogP contribution in [-0.2, 0) is 88.3 Å². The van der Waals surface area contributed by atoms with Crippen molar-refractivity contribution in [3.8, 4) is 0 Å². The van der Waals surface area contributed by atoms with E-state index in [-0.39, 0.29) is 113 Å². The Balaban J connectivity index is 0.000000502. The van der Waals surface area contributed by atoms with Gasteiger partial charge in [0.2, 0.25) is 6.79 Å². The third-order valence-corrected chi connectivity index (χ3v) is 20.7. The number of likely N-dealkylation sites (N-methyl/N-ethyl adjacent to an activating group) is 2. The van der Waals surface area contributed by atoms with Gasteiger partial charge in [-0.2, -0.15) is 13.5 Å². The van der Waals surface area contributed by atoms with E-state index in [9.17, 15) is 57.8 Å². The van der Waals surface area contributed by atoms with Crippen LogP contribution in [0.2, 0.25) is 0 Å². The lowest BCUT2D eigenvalue weighted by Gasteiger charge is -2.31. The van der Waals surface area contributed by atoms with E-state index in [0.717, 1.165) is 86.6 Å². The first-order valence-electron chi connectivity index (χ1n) is 47.9. The summed E-state index contributed by atoms with van der Waals surface area (Å²) in [7, 11) is 9.36. The summed E-state index contributed by atoms with van der Waals surface area (Å²) in [6, 6.07) is 40.0. The zero-order valence-electron chi connectivity index (χ0n) is 88.7. The van der Waals surface area contributed by atoms with Crippen LogP contribution in [0.15, 0.2) is 158 Å². The first-order valence-corrected chi connectivity index (χ1v) is 48.5. The number of urea groups is 2. The zero-order chi connectivity index (χ0) is 108. The first-order chi connectivity index (χ1) is 68.0. The highest BCUT2D eigenvalue weighted by molar-refractivity contribution is 7.59. The van der Waals surface area contributed by atoms with Crippen molar-refractivity contribution in [1.29, 1.82) is 0 Å². The number of benzene rings is 4. The predicted octanol–water partition coefficient (Wildman–Crippen LogP) is 20.9. The molecule has 8 aromatic rings. The van der Waals surface area contributed by atoms with Crippen molar-refractivity contribution in [2.45, 2.75) is 220 Å². The smallest absolute Gasteiger partial charge is 0.418 e. The van der Waals surface area contributed by atoms with Crippen LogP contribution in [0.4, 0.5) is 86.2 Å². The van der Waals surface area contributed by atoms with Gasteiger partial charge in [0.25, 0.3) is 0 Å². The minimum atomic E-state index is -0.821. The second-order valence-corrected chi connectivity index (χ2v) is 37.8. The van der Waals surface area contributed by atoms with E-state index in [2.05, 4.69) is 117 Å². The Kier molecular flexibility index (Phi) is 56.0. The van der Waals surface area contributed by atoms with E-state index >= 15 is 0 Å². The topological polar surface area (TPSA) is 445 Å². The Morgan fingerprint density at radius 3 is 1.14 bits per heavy atom. The van der Waals surface area contributed by atoms with Crippen LogP contribution in [0.1, 0.15) is 213 Å². The molecule has 4 aromatic heterocycles. The lowest BCUT2D eigenvalue weighted by atomic mass is 9.92. The summed E-state index contributed by atoms with van der Waals surface area (Å²) in [6.45, 7) is 39.9. The number of esters is 4. The van der Waals surface area contributed by atoms with Gasteiger partial charge in [0.15, 0.2) is 6.07 Å². The number of nitrogens with one attached hydrogen (secondary N) is 6. The number of amides is 8. The van der Waals surface area contributed by atoms with Crippen molar-refractivity contribution in [3.05, 3.63) is 203 Å². The van der Waals surface area contributed by atoms with Crippen molar-refractivity contribution in [2.75, 3.05) is 146 Å². The number of aliphatic hydroxyl groups is 1. The summed E-state index contributed by atoms with van der Waals surface area (Å²) < 4.78 is 41.2. The van der Waals surface area contributed by atoms with E-state index < -0.39 is 66.2 Å². The molecule has 8 amide bonds. The second kappa shape index (κ2) is 64.8. The fourth-order valence-corrected chi connectivity index (χ4v) is 13.9. The predicted molar refractivity (Wildman–Crippen MR) is 573 cm³/mol. The largest absolute Gasteiger partial charge is 0.481 e. The molecule has 0 aliphatic heterocycles. The molecule has 0 saturated heterocycles. The number of alkyl halides is 1. The number of carboxylic acid groups (broad SMARTS) is 1. The Morgan fingerprint density at radius 1 is 0.428 bits per heavy atom. The molecule has 8 N–H and O–H groups in total. The molecule has 0 fully saturated rings. The van der Waals surface area contributed by atoms with Crippen LogP contribution in [0.3, 0.4) is 0 Å². The molecule has 0 saturated carbocycles. The summed E-state index contributed by atoms with van der Waals surface area (Å²) in [5.74, 6) is 0.408. The molecule has 0 radical (unpaired) electrons. The summed E-state index contributed by atoms with van der Waals surface area (Å²) in [5.41, 5.74) is 9.91. The van der Waals surface area contributed by atoms with Crippen molar-refractivity contribution < 1.29 is 101 Å². The number of rotatable bonds is 42. The fourth-order valence-electron chi connectivity index (χ4n) is 13.8. The normalized spacial score (nSPS) is 11.1. The number of pyridine rings is 4. The maximum absolute atomic E-state index is 13.2. The van der Waals surface area contributed by atoms with Gasteiger partial charge in [0, 0.05) is 133 Å². The third kappa shape index (κ3) is 48.0. The van der Waals surface area contributed by atoms with Gasteiger partial charge in [0.1, 0.15) is 67.4 Å². The molecule has 0 aliphatic rings. The van der Waals surface area contributed by atoms with Crippen molar-refractivity contribution in [2.24, 2.45) is 23.7 Å². The number of aliphatic hydroxyl groups excluding tert-OH is 1. The fraction of sp³-hybridized carbons (Fsp3) is 0.481. The van der Waals surface area contributed by atoms with Crippen molar-refractivity contribution in [1.82, 2.24) is 29.7 Å². The van der Waals surface area contributed by atoms with Crippen molar-refractivity contribution >= 4 is 149 Å². The van der Waals surface area contributed by atoms with E-state index in [1.807, 2.05) is 132 Å². The van der Waals surface area contributed by atoms with Crippen LogP contribution < -0.4 is 51.5 Å². The van der Waals surface area contributed by atoms with Gasteiger partial charge in [0.05, 0.1) is 42.2 Å². The molecule has 0 aliphatic carbocycles. The van der Waals surface area contributed by atoms with E-state index in [4.69, 9.17) is 54.6 Å².